The van der Waals surface area contributed by atoms with Crippen LogP contribution < -0.4 is 14.8 Å². The standard InChI is InChI=1S/C16H18INO2/c1-3-20-16-10-12(8-9-15(16)19-2)11-18-14-7-5-4-6-13(14)17/h4-10,18H,3,11H2,1-2H3. The number of hydrogen-bond acceptors (Lipinski definition) is 3. The largest absolute Gasteiger partial charge is 0.493 e. The summed E-state index contributed by atoms with van der Waals surface area (Å²) in [5, 5.41) is 3.43. The Balaban J connectivity index is 2.10. The summed E-state index contributed by atoms with van der Waals surface area (Å²) >= 11 is 2.33. The molecule has 0 fully saturated rings. The molecule has 0 radical (unpaired) electrons. The maximum atomic E-state index is 5.59. The van der Waals surface area contributed by atoms with E-state index >= 15 is 0 Å². The highest BCUT2D eigenvalue weighted by Crippen LogP contribution is 2.28. The lowest BCUT2D eigenvalue weighted by Gasteiger charge is -2.12. The molecule has 20 heavy (non-hydrogen) atoms. The van der Waals surface area contributed by atoms with Crippen molar-refractivity contribution in [3.63, 3.8) is 0 Å². The minimum Gasteiger partial charge on any atom is -0.493 e. The SMILES string of the molecule is CCOc1cc(CNc2ccccc2I)ccc1OC. The van der Waals surface area contributed by atoms with E-state index in [-0.39, 0.29) is 0 Å². The molecule has 1 N–H and O–H groups in total. The van der Waals surface area contributed by atoms with Crippen LogP contribution >= 0.6 is 22.6 Å². The highest BCUT2D eigenvalue weighted by Gasteiger charge is 2.05. The number of benzene rings is 2. The molecular weight excluding hydrogens is 365 g/mol. The van der Waals surface area contributed by atoms with Gasteiger partial charge in [-0.1, -0.05) is 18.2 Å². The Kier molecular flexibility index (Phi) is 5.52. The van der Waals surface area contributed by atoms with E-state index in [9.17, 15) is 0 Å². The van der Waals surface area contributed by atoms with Crippen molar-refractivity contribution in [3.05, 3.63) is 51.6 Å². The number of rotatable bonds is 6. The fraction of sp³-hybridized carbons (Fsp3) is 0.250. The average molecular weight is 383 g/mol. The number of nitrogens with one attached hydrogen (secondary N) is 1. The number of halogens is 1. The summed E-state index contributed by atoms with van der Waals surface area (Å²) in [6.45, 7) is 3.35. The summed E-state index contributed by atoms with van der Waals surface area (Å²) in [6, 6.07) is 14.2. The second-order valence-electron chi connectivity index (χ2n) is 4.25. The highest BCUT2D eigenvalue weighted by atomic mass is 127. The van der Waals surface area contributed by atoms with Crippen molar-refractivity contribution in [3.8, 4) is 11.5 Å². The molecule has 3 nitrogen and oxygen atoms in total. The third-order valence-corrected chi connectivity index (χ3v) is 3.83. The third kappa shape index (κ3) is 3.79. The van der Waals surface area contributed by atoms with Gasteiger partial charge in [-0.3, -0.25) is 0 Å². The Morgan fingerprint density at radius 2 is 1.90 bits per heavy atom. The molecule has 2 rings (SSSR count). The molecule has 4 heteroatoms. The Morgan fingerprint density at radius 3 is 2.60 bits per heavy atom. The first-order chi connectivity index (χ1) is 9.74. The zero-order valence-corrected chi connectivity index (χ0v) is 13.8. The molecule has 0 aromatic heterocycles. The van der Waals surface area contributed by atoms with Crippen LogP contribution in [0.4, 0.5) is 5.69 Å². The second-order valence-corrected chi connectivity index (χ2v) is 5.41. The second kappa shape index (κ2) is 7.38. The van der Waals surface area contributed by atoms with Crippen molar-refractivity contribution in [1.29, 1.82) is 0 Å². The van der Waals surface area contributed by atoms with Crippen LogP contribution in [-0.4, -0.2) is 13.7 Å². The first-order valence-electron chi connectivity index (χ1n) is 6.52. The molecule has 0 amide bonds. The molecule has 2 aromatic rings. The summed E-state index contributed by atoms with van der Waals surface area (Å²) < 4.78 is 12.1. The van der Waals surface area contributed by atoms with Gasteiger partial charge >= 0.3 is 0 Å². The minimum atomic E-state index is 0.629. The van der Waals surface area contributed by atoms with Crippen molar-refractivity contribution < 1.29 is 9.47 Å². The van der Waals surface area contributed by atoms with Gasteiger partial charge in [0.15, 0.2) is 11.5 Å². The summed E-state index contributed by atoms with van der Waals surface area (Å²) in [7, 11) is 1.65. The van der Waals surface area contributed by atoms with Gasteiger partial charge in [0.1, 0.15) is 0 Å². The zero-order valence-electron chi connectivity index (χ0n) is 11.7. The van der Waals surface area contributed by atoms with Crippen LogP contribution in [0, 0.1) is 3.57 Å². The van der Waals surface area contributed by atoms with Gasteiger partial charge in [-0.05, 0) is 59.3 Å². The molecular formula is C16H18INO2. The molecule has 0 heterocycles. The minimum absolute atomic E-state index is 0.629. The van der Waals surface area contributed by atoms with E-state index in [0.29, 0.717) is 6.61 Å². The van der Waals surface area contributed by atoms with Crippen molar-refractivity contribution in [2.75, 3.05) is 19.0 Å². The van der Waals surface area contributed by atoms with E-state index in [2.05, 4.69) is 40.0 Å². The van der Waals surface area contributed by atoms with Gasteiger partial charge in [-0.2, -0.15) is 0 Å². The van der Waals surface area contributed by atoms with E-state index in [1.54, 1.807) is 7.11 Å². The molecule has 106 valence electrons. The first-order valence-corrected chi connectivity index (χ1v) is 7.60. The fourth-order valence-corrected chi connectivity index (χ4v) is 2.48. The van der Waals surface area contributed by atoms with E-state index in [1.165, 1.54) is 3.57 Å². The predicted octanol–water partition coefficient (Wildman–Crippen LogP) is 4.31. The van der Waals surface area contributed by atoms with Crippen molar-refractivity contribution in [2.45, 2.75) is 13.5 Å². The normalized spacial score (nSPS) is 10.2. The molecule has 0 spiro atoms. The van der Waals surface area contributed by atoms with Gasteiger partial charge in [0.05, 0.1) is 13.7 Å². The molecule has 0 saturated carbocycles. The van der Waals surface area contributed by atoms with Gasteiger partial charge < -0.3 is 14.8 Å². The van der Waals surface area contributed by atoms with Gasteiger partial charge in [0.2, 0.25) is 0 Å². The molecule has 0 aliphatic heterocycles. The van der Waals surface area contributed by atoms with Gasteiger partial charge in [-0.25, -0.2) is 0 Å². The van der Waals surface area contributed by atoms with Crippen molar-refractivity contribution >= 4 is 28.3 Å². The monoisotopic (exact) mass is 383 g/mol. The Hall–Kier alpha value is -1.43. The van der Waals surface area contributed by atoms with Crippen LogP contribution in [0.3, 0.4) is 0 Å². The lowest BCUT2D eigenvalue weighted by Crippen LogP contribution is -2.02. The van der Waals surface area contributed by atoms with Crippen molar-refractivity contribution in [1.82, 2.24) is 0 Å². The number of para-hydroxylation sites is 1. The quantitative estimate of drug-likeness (QED) is 0.755. The third-order valence-electron chi connectivity index (χ3n) is 2.88. The molecule has 0 aliphatic carbocycles. The number of anilines is 1. The Morgan fingerprint density at radius 1 is 1.10 bits per heavy atom. The van der Waals surface area contributed by atoms with E-state index in [4.69, 9.17) is 9.47 Å². The highest BCUT2D eigenvalue weighted by molar-refractivity contribution is 14.1. The van der Waals surface area contributed by atoms with Crippen LogP contribution in [0.1, 0.15) is 12.5 Å². The molecule has 0 saturated heterocycles. The fourth-order valence-electron chi connectivity index (χ4n) is 1.90. The topological polar surface area (TPSA) is 30.5 Å². The summed E-state index contributed by atoms with van der Waals surface area (Å²) in [5.74, 6) is 1.56. The molecule has 2 aromatic carbocycles. The van der Waals surface area contributed by atoms with Crippen LogP contribution in [0.15, 0.2) is 42.5 Å². The van der Waals surface area contributed by atoms with Crippen molar-refractivity contribution in [2.24, 2.45) is 0 Å². The maximum absolute atomic E-state index is 5.59. The van der Waals surface area contributed by atoms with Gasteiger partial charge in [-0.15, -0.1) is 0 Å². The number of hydrogen-bond donors (Lipinski definition) is 1. The summed E-state index contributed by atoms with van der Waals surface area (Å²) in [5.41, 5.74) is 2.30. The number of methoxy groups -OCH3 is 1. The van der Waals surface area contributed by atoms with Crippen LogP contribution in [0.25, 0.3) is 0 Å². The van der Waals surface area contributed by atoms with Crippen LogP contribution in [-0.2, 0) is 6.54 Å². The van der Waals surface area contributed by atoms with Crippen LogP contribution in [0.2, 0.25) is 0 Å². The summed E-state index contributed by atoms with van der Waals surface area (Å²) in [6.07, 6.45) is 0. The predicted molar refractivity (Wildman–Crippen MR) is 90.6 cm³/mol. The zero-order chi connectivity index (χ0) is 14.4. The maximum Gasteiger partial charge on any atom is 0.161 e. The lowest BCUT2D eigenvalue weighted by atomic mass is 10.2. The van der Waals surface area contributed by atoms with E-state index in [0.717, 1.165) is 29.3 Å². The lowest BCUT2D eigenvalue weighted by molar-refractivity contribution is 0.310. The van der Waals surface area contributed by atoms with Crippen LogP contribution in [0.5, 0.6) is 11.5 Å². The molecule has 0 bridgehead atoms. The Bertz CT molecular complexity index is 572. The molecule has 0 unspecified atom stereocenters. The number of ether oxygens (including phenoxy) is 2. The first kappa shape index (κ1) is 15.0. The average Bonchev–Trinajstić information content (AvgIpc) is 2.47. The van der Waals surface area contributed by atoms with E-state index in [1.807, 2.05) is 37.3 Å². The Labute approximate surface area is 133 Å². The summed E-state index contributed by atoms with van der Waals surface area (Å²) in [4.78, 5) is 0. The molecule has 0 atom stereocenters. The van der Waals surface area contributed by atoms with Gasteiger partial charge in [0.25, 0.3) is 0 Å². The van der Waals surface area contributed by atoms with Gasteiger partial charge in [0, 0.05) is 15.8 Å². The smallest absolute Gasteiger partial charge is 0.161 e. The molecule has 0 aliphatic rings. The van der Waals surface area contributed by atoms with E-state index < -0.39 is 0 Å².